The van der Waals surface area contributed by atoms with Crippen LogP contribution in [0.4, 0.5) is 0 Å². The predicted octanol–water partition coefficient (Wildman–Crippen LogP) is 0.494. The number of fused-ring (bicyclic) bond motifs is 1. The molecule has 0 unspecified atom stereocenters. The van der Waals surface area contributed by atoms with Crippen LogP contribution in [0.1, 0.15) is 11.1 Å². The Kier molecular flexibility index (Phi) is 3.94. The molecule has 6 heteroatoms. The molecule has 6 nitrogen and oxygen atoms in total. The maximum atomic E-state index is 12.8. The van der Waals surface area contributed by atoms with Gasteiger partial charge < -0.3 is 9.88 Å². The van der Waals surface area contributed by atoms with Gasteiger partial charge in [0.1, 0.15) is 18.2 Å². The summed E-state index contributed by atoms with van der Waals surface area (Å²) < 4.78 is 1.85. The van der Waals surface area contributed by atoms with Crippen LogP contribution in [0.25, 0.3) is 0 Å². The number of aromatic nitrogens is 3. The number of carbonyl (C=O) groups excluding carboxylic acids is 1. The van der Waals surface area contributed by atoms with Crippen molar-refractivity contribution < 1.29 is 4.79 Å². The monoisotopic (exact) mass is 299 g/mol. The molecule has 0 fully saturated rings. The fourth-order valence-electron chi connectivity index (χ4n) is 3.08. The quantitative estimate of drug-likeness (QED) is 0.873. The highest BCUT2D eigenvalue weighted by atomic mass is 16.2. The van der Waals surface area contributed by atoms with Crippen LogP contribution in [0.3, 0.4) is 0 Å². The molecule has 1 amide bonds. The topological polar surface area (TPSA) is 63.1 Å². The number of nitrogens with one attached hydrogen (secondary N) is 1. The van der Waals surface area contributed by atoms with Crippen LogP contribution >= 0.6 is 0 Å². The highest BCUT2D eigenvalue weighted by Gasteiger charge is 2.45. The van der Waals surface area contributed by atoms with Gasteiger partial charge in [0.15, 0.2) is 0 Å². The van der Waals surface area contributed by atoms with Crippen molar-refractivity contribution in [2.75, 3.05) is 20.6 Å². The van der Waals surface area contributed by atoms with E-state index in [0.717, 1.165) is 12.8 Å². The molecule has 3 rings (SSSR count). The highest BCUT2D eigenvalue weighted by molar-refractivity contribution is 5.88. The minimum absolute atomic E-state index is 0.0850. The first kappa shape index (κ1) is 14.7. The van der Waals surface area contributed by atoms with Crippen molar-refractivity contribution in [3.8, 4) is 0 Å². The van der Waals surface area contributed by atoms with Gasteiger partial charge in [-0.25, -0.2) is 0 Å². The second-order valence-corrected chi connectivity index (χ2v) is 6.00. The van der Waals surface area contributed by atoms with Crippen LogP contribution in [0.5, 0.6) is 0 Å². The van der Waals surface area contributed by atoms with Crippen molar-refractivity contribution in [2.45, 2.75) is 24.9 Å². The van der Waals surface area contributed by atoms with Gasteiger partial charge in [0, 0.05) is 25.9 Å². The van der Waals surface area contributed by atoms with Crippen molar-refractivity contribution in [1.29, 1.82) is 0 Å². The van der Waals surface area contributed by atoms with Crippen molar-refractivity contribution in [3.63, 3.8) is 0 Å². The minimum atomic E-state index is -0.489. The van der Waals surface area contributed by atoms with Gasteiger partial charge in [-0.2, -0.15) is 0 Å². The first-order chi connectivity index (χ1) is 10.6. The van der Waals surface area contributed by atoms with E-state index < -0.39 is 5.54 Å². The molecule has 22 heavy (non-hydrogen) atoms. The lowest BCUT2D eigenvalue weighted by Crippen LogP contribution is -2.57. The minimum Gasteiger partial charge on any atom is -0.353 e. The third-order valence-electron chi connectivity index (χ3n) is 4.49. The zero-order chi connectivity index (χ0) is 15.6. The molecule has 0 saturated carbocycles. The number of nitrogens with zero attached hydrogens (tertiary/aromatic N) is 4. The van der Waals surface area contributed by atoms with E-state index in [9.17, 15) is 4.79 Å². The standard InChI is InChI=1S/C16H21N5O/c1-20(2)16(9-13-5-3-4-6-14(13)10-16)15(22)17-7-8-21-11-18-19-12-21/h3-6,11-12H,7-10H2,1-2H3,(H,17,22). The van der Waals surface area contributed by atoms with Crippen LogP contribution in [0.2, 0.25) is 0 Å². The Hall–Kier alpha value is -2.21. The molecule has 1 aliphatic rings. The Morgan fingerprint density at radius 2 is 1.82 bits per heavy atom. The van der Waals surface area contributed by atoms with Crippen molar-refractivity contribution >= 4 is 5.91 Å². The molecule has 1 aromatic carbocycles. The highest BCUT2D eigenvalue weighted by Crippen LogP contribution is 2.33. The maximum Gasteiger partial charge on any atom is 0.241 e. The molecule has 2 aromatic rings. The van der Waals surface area contributed by atoms with Gasteiger partial charge in [-0.1, -0.05) is 24.3 Å². The summed E-state index contributed by atoms with van der Waals surface area (Å²) in [5.41, 5.74) is 2.05. The molecule has 0 atom stereocenters. The van der Waals surface area contributed by atoms with E-state index >= 15 is 0 Å². The number of hydrogen-bond acceptors (Lipinski definition) is 4. The Bertz CT molecular complexity index is 625. The van der Waals surface area contributed by atoms with E-state index in [1.165, 1.54) is 11.1 Å². The molecular formula is C16H21N5O. The largest absolute Gasteiger partial charge is 0.353 e. The Labute approximate surface area is 130 Å². The van der Waals surface area contributed by atoms with E-state index in [4.69, 9.17) is 0 Å². The smallest absolute Gasteiger partial charge is 0.241 e. The summed E-state index contributed by atoms with van der Waals surface area (Å²) in [7, 11) is 3.95. The lowest BCUT2D eigenvalue weighted by molar-refractivity contribution is -0.131. The fraction of sp³-hybridized carbons (Fsp3) is 0.438. The average Bonchev–Trinajstić information content (AvgIpc) is 3.14. The summed E-state index contributed by atoms with van der Waals surface area (Å²) >= 11 is 0. The van der Waals surface area contributed by atoms with Gasteiger partial charge in [0.2, 0.25) is 5.91 Å². The van der Waals surface area contributed by atoms with Gasteiger partial charge in [-0.05, 0) is 25.2 Å². The number of benzene rings is 1. The van der Waals surface area contributed by atoms with E-state index in [-0.39, 0.29) is 5.91 Å². The molecule has 1 N–H and O–H groups in total. The number of amides is 1. The maximum absolute atomic E-state index is 12.8. The second-order valence-electron chi connectivity index (χ2n) is 6.00. The van der Waals surface area contributed by atoms with Crippen LogP contribution in [-0.4, -0.2) is 51.8 Å². The van der Waals surface area contributed by atoms with Crippen molar-refractivity contribution in [3.05, 3.63) is 48.0 Å². The van der Waals surface area contributed by atoms with Crippen LogP contribution in [-0.2, 0) is 24.2 Å². The molecule has 0 radical (unpaired) electrons. The summed E-state index contributed by atoms with van der Waals surface area (Å²) in [6.07, 6.45) is 4.82. The lowest BCUT2D eigenvalue weighted by atomic mass is 9.93. The van der Waals surface area contributed by atoms with E-state index in [0.29, 0.717) is 13.1 Å². The second kappa shape index (κ2) is 5.88. The Morgan fingerprint density at radius 1 is 1.23 bits per heavy atom. The molecular weight excluding hydrogens is 278 g/mol. The SMILES string of the molecule is CN(C)C1(C(=O)NCCn2cnnc2)Cc2ccccc2C1. The number of hydrogen-bond donors (Lipinski definition) is 1. The summed E-state index contributed by atoms with van der Waals surface area (Å²) in [5.74, 6) is 0.0850. The van der Waals surface area contributed by atoms with Gasteiger partial charge >= 0.3 is 0 Å². The van der Waals surface area contributed by atoms with Gasteiger partial charge in [-0.15, -0.1) is 10.2 Å². The van der Waals surface area contributed by atoms with E-state index in [1.807, 2.05) is 35.7 Å². The lowest BCUT2D eigenvalue weighted by Gasteiger charge is -2.34. The molecule has 1 aliphatic carbocycles. The molecule has 1 aromatic heterocycles. The Balaban J connectivity index is 1.68. The number of likely N-dealkylation sites (N-methyl/N-ethyl adjacent to an activating group) is 1. The van der Waals surface area contributed by atoms with E-state index in [2.05, 4.69) is 27.6 Å². The number of carbonyl (C=O) groups is 1. The summed E-state index contributed by atoms with van der Waals surface area (Å²) in [6.45, 7) is 1.25. The fourth-order valence-corrected chi connectivity index (χ4v) is 3.08. The molecule has 0 bridgehead atoms. The summed E-state index contributed by atoms with van der Waals surface area (Å²) in [5, 5.41) is 10.6. The van der Waals surface area contributed by atoms with Gasteiger partial charge in [0.05, 0.1) is 0 Å². The third kappa shape index (κ3) is 2.62. The molecule has 0 saturated heterocycles. The first-order valence-electron chi connectivity index (χ1n) is 7.47. The first-order valence-corrected chi connectivity index (χ1v) is 7.47. The zero-order valence-corrected chi connectivity index (χ0v) is 13.0. The van der Waals surface area contributed by atoms with Crippen LogP contribution in [0, 0.1) is 0 Å². The van der Waals surface area contributed by atoms with Crippen LogP contribution < -0.4 is 5.32 Å². The van der Waals surface area contributed by atoms with Crippen LogP contribution in [0.15, 0.2) is 36.9 Å². The Morgan fingerprint density at radius 3 is 2.36 bits per heavy atom. The molecule has 0 spiro atoms. The average molecular weight is 299 g/mol. The van der Waals surface area contributed by atoms with E-state index in [1.54, 1.807) is 12.7 Å². The summed E-state index contributed by atoms with van der Waals surface area (Å²) in [6, 6.07) is 8.30. The zero-order valence-electron chi connectivity index (χ0n) is 13.0. The number of rotatable bonds is 5. The predicted molar refractivity (Wildman–Crippen MR) is 83.3 cm³/mol. The van der Waals surface area contributed by atoms with Crippen molar-refractivity contribution in [1.82, 2.24) is 25.0 Å². The van der Waals surface area contributed by atoms with Gasteiger partial charge in [-0.3, -0.25) is 9.69 Å². The molecule has 116 valence electrons. The van der Waals surface area contributed by atoms with Gasteiger partial charge in [0.25, 0.3) is 0 Å². The third-order valence-corrected chi connectivity index (χ3v) is 4.49. The molecule has 1 heterocycles. The molecule has 0 aliphatic heterocycles. The van der Waals surface area contributed by atoms with Crippen molar-refractivity contribution in [2.24, 2.45) is 0 Å². The normalized spacial score (nSPS) is 15.8. The summed E-state index contributed by atoms with van der Waals surface area (Å²) in [4.78, 5) is 14.9.